The van der Waals surface area contributed by atoms with Crippen LogP contribution in [0.25, 0.3) is 45.1 Å². The van der Waals surface area contributed by atoms with Gasteiger partial charge < -0.3 is 20.2 Å². The Morgan fingerprint density at radius 3 is 1.93 bits per heavy atom. The summed E-state index contributed by atoms with van der Waals surface area (Å²) in [6.07, 6.45) is 0. The number of hydrogen-bond acceptors (Lipinski definition) is 5. The summed E-state index contributed by atoms with van der Waals surface area (Å²) < 4.78 is 0. The van der Waals surface area contributed by atoms with Gasteiger partial charge >= 0.3 is 11.9 Å². The van der Waals surface area contributed by atoms with Crippen molar-refractivity contribution >= 4 is 34.0 Å². The zero-order valence-electron chi connectivity index (χ0n) is 14.6. The number of aromatic carboxylic acids is 2. The van der Waals surface area contributed by atoms with Crippen molar-refractivity contribution in [3.8, 4) is 23.0 Å². The van der Waals surface area contributed by atoms with E-state index in [1.165, 1.54) is 12.1 Å². The first-order valence-corrected chi connectivity index (χ1v) is 8.51. The molecule has 0 radical (unpaired) electrons. The van der Waals surface area contributed by atoms with Gasteiger partial charge in [0.15, 0.2) is 11.6 Å². The summed E-state index contributed by atoms with van der Waals surface area (Å²) in [7, 11) is 0. The van der Waals surface area contributed by atoms with Gasteiger partial charge in [-0.1, -0.05) is 12.1 Å². The first-order valence-electron chi connectivity index (χ1n) is 8.51. The molecule has 3 heterocycles. The highest BCUT2D eigenvalue weighted by molar-refractivity contribution is 6.02. The second kappa shape index (κ2) is 6.02. The minimum atomic E-state index is -1.06. The Kier molecular flexibility index (Phi) is 3.47. The van der Waals surface area contributed by atoms with Gasteiger partial charge in [-0.25, -0.2) is 19.6 Å². The van der Waals surface area contributed by atoms with Crippen LogP contribution in [0.2, 0.25) is 0 Å². The van der Waals surface area contributed by atoms with Crippen LogP contribution >= 0.6 is 0 Å². The maximum atomic E-state index is 11.4. The molecule has 10 nitrogen and oxygen atoms in total. The molecule has 5 N–H and O–H groups in total. The lowest BCUT2D eigenvalue weighted by Crippen LogP contribution is -1.96. The number of benzene rings is 2. The summed E-state index contributed by atoms with van der Waals surface area (Å²) in [6.45, 7) is 0. The molecule has 2 aromatic carbocycles. The highest BCUT2D eigenvalue weighted by Crippen LogP contribution is 2.26. The Morgan fingerprint density at radius 2 is 1.34 bits per heavy atom. The fraction of sp³-hybridized carbons (Fsp3) is 0. The summed E-state index contributed by atoms with van der Waals surface area (Å²) in [5, 5.41) is 25.7. The number of carbonyl (C=O) groups is 2. The summed E-state index contributed by atoms with van der Waals surface area (Å²) in [5.41, 5.74) is 3.06. The van der Waals surface area contributed by atoms with Gasteiger partial charge in [-0.2, -0.15) is 5.10 Å². The van der Waals surface area contributed by atoms with Crippen molar-refractivity contribution in [3.05, 3.63) is 53.6 Å². The number of para-hydroxylation sites is 2. The first kappa shape index (κ1) is 16.7. The molecule has 29 heavy (non-hydrogen) atoms. The van der Waals surface area contributed by atoms with Crippen molar-refractivity contribution in [2.45, 2.75) is 0 Å². The standard InChI is InChI=1S/C19H12N6O4/c26-18(27)8-3-1-5-10-14(8)22-16(20-10)12-7-13(25-24-12)17-21-11-6-2-4-9(19(28)29)15(11)23-17/h1-7H,(H,20,22)(H,21,23)(H,24,25)(H,26,27)(H,28,29). The molecule has 0 saturated heterocycles. The lowest BCUT2D eigenvalue weighted by Gasteiger charge is -1.93. The van der Waals surface area contributed by atoms with Gasteiger partial charge in [0.05, 0.1) is 22.2 Å². The highest BCUT2D eigenvalue weighted by Gasteiger charge is 2.17. The Hall–Kier alpha value is -4.47. The number of imidazole rings is 2. The fourth-order valence-corrected chi connectivity index (χ4v) is 3.22. The zero-order valence-corrected chi connectivity index (χ0v) is 14.6. The lowest BCUT2D eigenvalue weighted by molar-refractivity contribution is 0.0688. The molecule has 10 heteroatoms. The van der Waals surface area contributed by atoms with E-state index in [1.54, 1.807) is 30.3 Å². The van der Waals surface area contributed by atoms with Crippen LogP contribution in [0, 0.1) is 0 Å². The van der Waals surface area contributed by atoms with E-state index in [-0.39, 0.29) is 11.1 Å². The lowest BCUT2D eigenvalue weighted by atomic mass is 10.2. The molecule has 142 valence electrons. The third-order valence-corrected chi connectivity index (χ3v) is 4.56. The number of rotatable bonds is 4. The quantitative estimate of drug-likeness (QED) is 0.316. The molecule has 5 rings (SSSR count). The van der Waals surface area contributed by atoms with E-state index in [0.29, 0.717) is 45.1 Å². The predicted octanol–water partition coefficient (Wildman–Crippen LogP) is 2.89. The molecule has 0 aliphatic heterocycles. The van der Waals surface area contributed by atoms with Crippen LogP contribution < -0.4 is 0 Å². The summed E-state index contributed by atoms with van der Waals surface area (Å²) >= 11 is 0. The molecule has 0 spiro atoms. The van der Waals surface area contributed by atoms with E-state index in [1.807, 2.05) is 0 Å². The van der Waals surface area contributed by atoms with Crippen LogP contribution in [-0.4, -0.2) is 52.3 Å². The van der Waals surface area contributed by atoms with Crippen molar-refractivity contribution in [2.75, 3.05) is 0 Å². The second-order valence-electron chi connectivity index (χ2n) is 6.35. The van der Waals surface area contributed by atoms with Gasteiger partial charge in [-0.3, -0.25) is 5.10 Å². The van der Waals surface area contributed by atoms with Crippen LogP contribution in [0.5, 0.6) is 0 Å². The monoisotopic (exact) mass is 388 g/mol. The summed E-state index contributed by atoms with van der Waals surface area (Å²) in [6, 6.07) is 11.4. The number of nitrogens with zero attached hydrogens (tertiary/aromatic N) is 3. The van der Waals surface area contributed by atoms with Crippen molar-refractivity contribution in [2.24, 2.45) is 0 Å². The van der Waals surface area contributed by atoms with Crippen molar-refractivity contribution in [1.82, 2.24) is 30.1 Å². The highest BCUT2D eigenvalue weighted by atomic mass is 16.4. The van der Waals surface area contributed by atoms with E-state index < -0.39 is 11.9 Å². The van der Waals surface area contributed by atoms with Gasteiger partial charge in [0.2, 0.25) is 0 Å². The van der Waals surface area contributed by atoms with Gasteiger partial charge in [-0.15, -0.1) is 0 Å². The molecular formula is C19H12N6O4. The van der Waals surface area contributed by atoms with E-state index in [4.69, 9.17) is 0 Å². The normalized spacial score (nSPS) is 11.3. The Bertz CT molecular complexity index is 1320. The molecule has 5 aromatic rings. The van der Waals surface area contributed by atoms with Gasteiger partial charge in [0.25, 0.3) is 0 Å². The number of aromatic nitrogens is 6. The van der Waals surface area contributed by atoms with Gasteiger partial charge in [0, 0.05) is 0 Å². The largest absolute Gasteiger partial charge is 0.478 e. The Balaban J connectivity index is 1.58. The average molecular weight is 388 g/mol. The van der Waals surface area contributed by atoms with E-state index in [9.17, 15) is 19.8 Å². The van der Waals surface area contributed by atoms with Crippen LogP contribution in [0.4, 0.5) is 0 Å². The summed E-state index contributed by atoms with van der Waals surface area (Å²) in [5.74, 6) is -1.29. The molecule has 0 atom stereocenters. The van der Waals surface area contributed by atoms with E-state index in [0.717, 1.165) is 0 Å². The molecule has 0 bridgehead atoms. The molecule has 3 aromatic heterocycles. The third kappa shape index (κ3) is 2.62. The van der Waals surface area contributed by atoms with Crippen molar-refractivity contribution < 1.29 is 19.8 Å². The topological polar surface area (TPSA) is 161 Å². The number of H-pyrrole nitrogens is 3. The Labute approximate surface area is 161 Å². The number of carboxylic acids is 2. The smallest absolute Gasteiger partial charge is 0.337 e. The second-order valence-corrected chi connectivity index (χ2v) is 6.35. The maximum absolute atomic E-state index is 11.4. The molecule has 0 fully saturated rings. The number of carboxylic acid groups (broad SMARTS) is 2. The minimum Gasteiger partial charge on any atom is -0.478 e. The molecule has 0 unspecified atom stereocenters. The fourth-order valence-electron chi connectivity index (χ4n) is 3.22. The zero-order chi connectivity index (χ0) is 20.1. The van der Waals surface area contributed by atoms with Crippen molar-refractivity contribution in [3.63, 3.8) is 0 Å². The molecule has 0 saturated carbocycles. The van der Waals surface area contributed by atoms with Gasteiger partial charge in [-0.05, 0) is 30.3 Å². The molecular weight excluding hydrogens is 376 g/mol. The number of nitrogens with one attached hydrogen (secondary N) is 3. The SMILES string of the molecule is O=C(O)c1cccc2[nH]c(-c3cc(-c4nc5c(C(=O)O)cccc5[nH]4)[nH]n3)nc12. The number of aromatic amines is 3. The minimum absolute atomic E-state index is 0.0965. The van der Waals surface area contributed by atoms with Crippen LogP contribution in [0.15, 0.2) is 42.5 Å². The molecule has 0 aliphatic carbocycles. The Morgan fingerprint density at radius 1 is 0.793 bits per heavy atom. The molecule has 0 aliphatic rings. The van der Waals surface area contributed by atoms with Crippen LogP contribution in [-0.2, 0) is 0 Å². The molecule has 0 amide bonds. The predicted molar refractivity (Wildman–Crippen MR) is 103 cm³/mol. The van der Waals surface area contributed by atoms with E-state index in [2.05, 4.69) is 30.1 Å². The van der Waals surface area contributed by atoms with Crippen LogP contribution in [0.3, 0.4) is 0 Å². The van der Waals surface area contributed by atoms with Gasteiger partial charge in [0.1, 0.15) is 22.4 Å². The third-order valence-electron chi connectivity index (χ3n) is 4.56. The number of hydrogen-bond donors (Lipinski definition) is 5. The van der Waals surface area contributed by atoms with E-state index >= 15 is 0 Å². The first-order chi connectivity index (χ1) is 14.0. The maximum Gasteiger partial charge on any atom is 0.337 e. The average Bonchev–Trinajstić information content (AvgIpc) is 3.42. The number of fused-ring (bicyclic) bond motifs is 2. The van der Waals surface area contributed by atoms with Crippen LogP contribution in [0.1, 0.15) is 20.7 Å². The van der Waals surface area contributed by atoms with Crippen molar-refractivity contribution in [1.29, 1.82) is 0 Å². The summed E-state index contributed by atoms with van der Waals surface area (Å²) in [4.78, 5) is 37.6.